The highest BCUT2D eigenvalue weighted by atomic mass is 19.4. The maximum absolute atomic E-state index is 13.1. The summed E-state index contributed by atoms with van der Waals surface area (Å²) in [7, 11) is 0. The summed E-state index contributed by atoms with van der Waals surface area (Å²) in [5.74, 6) is 0.377. The number of aromatic nitrogens is 3. The number of hydrogen-bond donors (Lipinski definition) is 1. The van der Waals surface area contributed by atoms with Crippen LogP contribution in [0.3, 0.4) is 0 Å². The molecule has 0 saturated carbocycles. The van der Waals surface area contributed by atoms with Gasteiger partial charge in [-0.15, -0.1) is 6.58 Å². The predicted octanol–water partition coefficient (Wildman–Crippen LogP) is 6.34. The van der Waals surface area contributed by atoms with E-state index in [0.29, 0.717) is 23.8 Å². The highest BCUT2D eigenvalue weighted by Crippen LogP contribution is 2.28. The van der Waals surface area contributed by atoms with Crippen LogP contribution in [0, 0.1) is 0 Å². The Bertz CT molecular complexity index is 1220. The molecule has 1 N–H and O–H groups in total. The smallest absolute Gasteiger partial charge is 0.389 e. The Hall–Kier alpha value is -3.82. The third-order valence-electron chi connectivity index (χ3n) is 5.97. The molecule has 0 radical (unpaired) electrons. The molecule has 2 aromatic heterocycles. The Morgan fingerprint density at radius 3 is 2.76 bits per heavy atom. The van der Waals surface area contributed by atoms with E-state index in [2.05, 4.69) is 28.4 Å². The number of rotatable bonds is 12. The van der Waals surface area contributed by atoms with Crippen molar-refractivity contribution >= 4 is 11.7 Å². The van der Waals surface area contributed by atoms with Crippen molar-refractivity contribution in [3.05, 3.63) is 73.7 Å². The van der Waals surface area contributed by atoms with Gasteiger partial charge in [-0.05, 0) is 38.3 Å². The molecule has 1 aromatic carbocycles. The van der Waals surface area contributed by atoms with Gasteiger partial charge in [-0.3, -0.25) is 0 Å². The number of ether oxygens (including phenoxy) is 1. The summed E-state index contributed by atoms with van der Waals surface area (Å²) in [6.07, 6.45) is 3.24. The van der Waals surface area contributed by atoms with Crippen LogP contribution in [0.2, 0.25) is 0 Å². The average Bonchev–Trinajstić information content (AvgIpc) is 3.35. The first-order chi connectivity index (χ1) is 17.7. The minimum absolute atomic E-state index is 0.207. The summed E-state index contributed by atoms with van der Waals surface area (Å²) >= 11 is 0. The number of alkyl halides is 3. The fourth-order valence-electron chi connectivity index (χ4n) is 4.05. The molecule has 0 fully saturated rings. The number of nitrogens with one attached hydrogen (secondary N) is 1. The van der Waals surface area contributed by atoms with E-state index in [4.69, 9.17) is 4.74 Å². The van der Waals surface area contributed by atoms with Crippen molar-refractivity contribution in [2.75, 3.05) is 13.2 Å². The number of imidazole rings is 1. The summed E-state index contributed by atoms with van der Waals surface area (Å²) in [5.41, 5.74) is 2.91. The third kappa shape index (κ3) is 7.34. The zero-order chi connectivity index (χ0) is 27.0. The number of urea groups is 1. The molecule has 198 valence electrons. The van der Waals surface area contributed by atoms with Crippen LogP contribution in [0.15, 0.2) is 68.2 Å². The molecular formula is C27H32F3N5O2. The Labute approximate surface area is 214 Å². The number of amides is 2. The second-order valence-electron chi connectivity index (χ2n) is 8.60. The molecule has 3 rings (SSSR count). The Morgan fingerprint density at radius 1 is 1.30 bits per heavy atom. The summed E-state index contributed by atoms with van der Waals surface area (Å²) in [6, 6.07) is 6.21. The zero-order valence-corrected chi connectivity index (χ0v) is 21.0. The minimum atomic E-state index is -4.29. The first-order valence-electron chi connectivity index (χ1n) is 12.1. The van der Waals surface area contributed by atoms with Crippen LogP contribution in [-0.2, 0) is 0 Å². The number of carbonyl (C=O) groups excluding carboxylic acids is 1. The van der Waals surface area contributed by atoms with Crippen LogP contribution in [-0.4, -0.2) is 50.7 Å². The van der Waals surface area contributed by atoms with Crippen LogP contribution in [0.5, 0.6) is 5.88 Å². The van der Waals surface area contributed by atoms with Gasteiger partial charge in [-0.2, -0.15) is 13.2 Å². The van der Waals surface area contributed by atoms with E-state index in [9.17, 15) is 18.0 Å². The minimum Gasteiger partial charge on any atom is -0.471 e. The summed E-state index contributed by atoms with van der Waals surface area (Å²) in [4.78, 5) is 23.6. The van der Waals surface area contributed by atoms with Crippen LogP contribution < -0.4 is 10.1 Å². The lowest BCUT2D eigenvalue weighted by molar-refractivity contribution is -0.136. The molecule has 2 atom stereocenters. The van der Waals surface area contributed by atoms with E-state index in [-0.39, 0.29) is 25.5 Å². The predicted molar refractivity (Wildman–Crippen MR) is 137 cm³/mol. The van der Waals surface area contributed by atoms with Crippen LogP contribution in [0.1, 0.15) is 44.7 Å². The molecule has 2 amide bonds. The lowest BCUT2D eigenvalue weighted by atomic mass is 10.0. The van der Waals surface area contributed by atoms with Gasteiger partial charge in [0.05, 0.1) is 11.7 Å². The van der Waals surface area contributed by atoms with Gasteiger partial charge in [0.15, 0.2) is 0 Å². The van der Waals surface area contributed by atoms with Crippen molar-refractivity contribution in [1.82, 2.24) is 24.6 Å². The monoisotopic (exact) mass is 515 g/mol. The average molecular weight is 516 g/mol. The van der Waals surface area contributed by atoms with E-state index >= 15 is 0 Å². The van der Waals surface area contributed by atoms with E-state index in [0.717, 1.165) is 11.1 Å². The van der Waals surface area contributed by atoms with Gasteiger partial charge in [0, 0.05) is 43.2 Å². The SMILES string of the molecule is C=CCOc1nc(-c2cccc([C@@H](C)N(CC)C(=O)N[C@H](CC=C)CCC(F)(F)F)c2)cn2ccnc12. The number of carbonyl (C=O) groups is 1. The van der Waals surface area contributed by atoms with Gasteiger partial charge in [0.1, 0.15) is 6.61 Å². The fourth-order valence-corrected chi connectivity index (χ4v) is 4.05. The van der Waals surface area contributed by atoms with Crippen molar-refractivity contribution < 1.29 is 22.7 Å². The normalized spacial score (nSPS) is 13.1. The Kier molecular flexibility index (Phi) is 9.32. The second-order valence-corrected chi connectivity index (χ2v) is 8.60. The Morgan fingerprint density at radius 2 is 2.08 bits per heavy atom. The van der Waals surface area contributed by atoms with Crippen molar-refractivity contribution in [2.45, 2.75) is 51.4 Å². The van der Waals surface area contributed by atoms with Crippen molar-refractivity contribution in [3.63, 3.8) is 0 Å². The quantitative estimate of drug-likeness (QED) is 0.286. The highest BCUT2D eigenvalue weighted by Gasteiger charge is 2.29. The first kappa shape index (κ1) is 27.8. The lowest BCUT2D eigenvalue weighted by Crippen LogP contribution is -2.46. The molecule has 10 heteroatoms. The van der Waals surface area contributed by atoms with Gasteiger partial charge < -0.3 is 19.4 Å². The standard InChI is InChI=1S/C27H32F3N5O2/c1-5-9-22(12-13-27(28,29)30)32-26(36)35(7-3)19(4)20-10-8-11-21(17-20)23-18-34-15-14-31-24(34)25(33-23)37-16-6-2/h5-6,8,10-11,14-15,17-19,22H,1-2,7,9,12-13,16H2,3-4H3,(H,32,36)/t19-,22-/m1/s1. The second kappa shape index (κ2) is 12.4. The summed E-state index contributed by atoms with van der Waals surface area (Å²) < 4.78 is 45.7. The fraction of sp³-hybridized carbons (Fsp3) is 0.370. The zero-order valence-electron chi connectivity index (χ0n) is 21.0. The number of hydrogen-bond acceptors (Lipinski definition) is 4. The molecule has 2 heterocycles. The molecule has 0 unspecified atom stereocenters. The molecule has 7 nitrogen and oxygen atoms in total. The summed E-state index contributed by atoms with van der Waals surface area (Å²) in [6.45, 7) is 11.6. The maximum atomic E-state index is 13.1. The van der Waals surface area contributed by atoms with Crippen molar-refractivity contribution in [1.29, 1.82) is 0 Å². The molecule has 0 saturated heterocycles. The molecule has 37 heavy (non-hydrogen) atoms. The first-order valence-corrected chi connectivity index (χ1v) is 12.1. The molecule has 0 aliphatic heterocycles. The van der Waals surface area contributed by atoms with Gasteiger partial charge in [0.2, 0.25) is 5.65 Å². The van der Waals surface area contributed by atoms with Crippen molar-refractivity contribution in [3.8, 4) is 17.1 Å². The molecule has 0 spiro atoms. The van der Waals surface area contributed by atoms with Gasteiger partial charge in [0.25, 0.3) is 5.88 Å². The maximum Gasteiger partial charge on any atom is 0.389 e. The van der Waals surface area contributed by atoms with Gasteiger partial charge in [-0.1, -0.05) is 36.9 Å². The summed E-state index contributed by atoms with van der Waals surface area (Å²) in [5, 5.41) is 2.75. The molecule has 3 aromatic rings. The number of nitrogens with zero attached hydrogens (tertiary/aromatic N) is 4. The molecular weight excluding hydrogens is 483 g/mol. The van der Waals surface area contributed by atoms with E-state index in [1.165, 1.54) is 6.08 Å². The van der Waals surface area contributed by atoms with Gasteiger partial charge in [-0.25, -0.2) is 14.8 Å². The van der Waals surface area contributed by atoms with E-state index < -0.39 is 24.7 Å². The van der Waals surface area contributed by atoms with Crippen LogP contribution in [0.25, 0.3) is 16.9 Å². The topological polar surface area (TPSA) is 71.8 Å². The molecule has 0 aliphatic rings. The molecule has 0 bridgehead atoms. The highest BCUT2D eigenvalue weighted by molar-refractivity contribution is 5.75. The van der Waals surface area contributed by atoms with E-state index in [1.807, 2.05) is 48.7 Å². The number of halogens is 3. The van der Waals surface area contributed by atoms with Crippen LogP contribution >= 0.6 is 0 Å². The lowest BCUT2D eigenvalue weighted by Gasteiger charge is -2.31. The van der Waals surface area contributed by atoms with Gasteiger partial charge >= 0.3 is 12.2 Å². The number of fused-ring (bicyclic) bond motifs is 1. The third-order valence-corrected chi connectivity index (χ3v) is 5.97. The number of benzene rings is 1. The largest absolute Gasteiger partial charge is 0.471 e. The van der Waals surface area contributed by atoms with Crippen LogP contribution in [0.4, 0.5) is 18.0 Å². The Balaban J connectivity index is 1.82. The van der Waals surface area contributed by atoms with E-state index in [1.54, 1.807) is 23.4 Å². The van der Waals surface area contributed by atoms with Crippen molar-refractivity contribution in [2.24, 2.45) is 0 Å². The molecule has 0 aliphatic carbocycles.